The molecule has 0 amide bonds. The van der Waals surface area contributed by atoms with Crippen molar-refractivity contribution in [3.63, 3.8) is 0 Å². The van der Waals surface area contributed by atoms with Gasteiger partial charge in [0.25, 0.3) is 0 Å². The number of nitrogens with zero attached hydrogens (tertiary/aromatic N) is 2. The predicted molar refractivity (Wildman–Crippen MR) is 237 cm³/mol. The molecule has 5 nitrogen and oxygen atoms in total. The fourth-order valence-corrected chi connectivity index (χ4v) is 8.45. The van der Waals surface area contributed by atoms with Gasteiger partial charge in [0.2, 0.25) is 0 Å². The first kappa shape index (κ1) is 39.1. The van der Waals surface area contributed by atoms with Gasteiger partial charge in [-0.15, -0.1) is 0 Å². The molecule has 1 fully saturated rings. The topological polar surface area (TPSA) is 37.0 Å². The molecule has 3 atom stereocenters. The number of fused-ring (bicyclic) bond motifs is 1. The van der Waals surface area contributed by atoms with Crippen molar-refractivity contribution in [3.05, 3.63) is 162 Å². The summed E-state index contributed by atoms with van der Waals surface area (Å²) in [6, 6.07) is 54.0. The molecule has 1 aliphatic carbocycles. The molecule has 5 heteroatoms. The van der Waals surface area contributed by atoms with Gasteiger partial charge < -0.3 is 24.6 Å². The minimum atomic E-state index is 0.152. The zero-order valence-corrected chi connectivity index (χ0v) is 33.6. The Morgan fingerprint density at radius 2 is 1.09 bits per heavy atom. The van der Waals surface area contributed by atoms with E-state index in [1.165, 1.54) is 81.6 Å². The summed E-state index contributed by atoms with van der Waals surface area (Å²) in [5.41, 5.74) is 9.92. The average molecular weight is 746 g/mol. The molecule has 1 aliphatic rings. The van der Waals surface area contributed by atoms with Crippen LogP contribution in [0.15, 0.2) is 146 Å². The quantitative estimate of drug-likeness (QED) is 0.0887. The van der Waals surface area contributed by atoms with Gasteiger partial charge in [-0.05, 0) is 116 Å². The molecule has 1 saturated carbocycles. The van der Waals surface area contributed by atoms with E-state index >= 15 is 0 Å². The maximum absolute atomic E-state index is 5.81. The zero-order valence-electron chi connectivity index (χ0n) is 33.6. The van der Waals surface area contributed by atoms with Crippen LogP contribution < -0.4 is 15.1 Å². The molecule has 0 spiro atoms. The van der Waals surface area contributed by atoms with Crippen LogP contribution >= 0.6 is 0 Å². The van der Waals surface area contributed by atoms with Crippen molar-refractivity contribution in [3.8, 4) is 0 Å². The van der Waals surface area contributed by atoms with Gasteiger partial charge in [-0.1, -0.05) is 111 Å². The Labute approximate surface area is 335 Å². The molecule has 0 radical (unpaired) electrons. The van der Waals surface area contributed by atoms with Crippen LogP contribution in [0.4, 0.5) is 28.4 Å². The summed E-state index contributed by atoms with van der Waals surface area (Å²) in [6.45, 7) is 10.9. The minimum absolute atomic E-state index is 0.152. The van der Waals surface area contributed by atoms with Gasteiger partial charge in [0, 0.05) is 72.1 Å². The van der Waals surface area contributed by atoms with Gasteiger partial charge in [-0.2, -0.15) is 0 Å². The Kier molecular flexibility index (Phi) is 13.7. The second-order valence-corrected chi connectivity index (χ2v) is 15.1. The van der Waals surface area contributed by atoms with Crippen LogP contribution in [0.2, 0.25) is 0 Å². The molecule has 0 saturated heterocycles. The summed E-state index contributed by atoms with van der Waals surface area (Å²) in [6.07, 6.45) is 6.06. The van der Waals surface area contributed by atoms with Crippen molar-refractivity contribution in [2.24, 2.45) is 5.92 Å². The van der Waals surface area contributed by atoms with Crippen LogP contribution in [0, 0.1) is 5.92 Å². The van der Waals surface area contributed by atoms with Crippen LogP contribution in [0.1, 0.15) is 69.1 Å². The highest BCUT2D eigenvalue weighted by atomic mass is 16.5. The third-order valence-corrected chi connectivity index (χ3v) is 11.5. The van der Waals surface area contributed by atoms with Crippen LogP contribution in [-0.4, -0.2) is 45.6 Å². The van der Waals surface area contributed by atoms with Crippen LogP contribution in [-0.2, 0) is 15.9 Å². The predicted octanol–water partition coefficient (Wildman–Crippen LogP) is 12.6. The Bertz CT molecular complexity index is 2070. The first-order valence-corrected chi connectivity index (χ1v) is 20.9. The molecule has 0 aliphatic heterocycles. The first-order valence-electron chi connectivity index (χ1n) is 20.9. The van der Waals surface area contributed by atoms with E-state index in [0.29, 0.717) is 38.4 Å². The monoisotopic (exact) mass is 745 g/mol. The fourth-order valence-electron chi connectivity index (χ4n) is 8.45. The number of benzene rings is 6. The second-order valence-electron chi connectivity index (χ2n) is 15.1. The lowest BCUT2D eigenvalue weighted by Crippen LogP contribution is -2.30. The Morgan fingerprint density at radius 3 is 1.66 bits per heavy atom. The van der Waals surface area contributed by atoms with Gasteiger partial charge in [0.1, 0.15) is 0 Å². The number of para-hydroxylation sites is 2. The maximum atomic E-state index is 5.81. The average Bonchev–Trinajstić information content (AvgIpc) is 3.25. The number of rotatable bonds is 18. The smallest absolute Gasteiger partial charge is 0.0645 e. The zero-order chi connectivity index (χ0) is 38.5. The van der Waals surface area contributed by atoms with E-state index < -0.39 is 0 Å². The lowest BCUT2D eigenvalue weighted by atomic mass is 9.82. The molecule has 0 aromatic heterocycles. The summed E-state index contributed by atoms with van der Waals surface area (Å²) < 4.78 is 11.6. The van der Waals surface area contributed by atoms with E-state index in [2.05, 4.69) is 181 Å². The molecule has 6 aromatic rings. The van der Waals surface area contributed by atoms with Crippen molar-refractivity contribution in [2.45, 2.75) is 64.8 Å². The molecular formula is C51H59N3O2. The number of ether oxygens (including phenoxy) is 2. The van der Waals surface area contributed by atoms with Crippen molar-refractivity contribution >= 4 is 39.2 Å². The minimum Gasteiger partial charge on any atom is -0.382 e. The van der Waals surface area contributed by atoms with E-state index in [0.717, 1.165) is 19.5 Å². The lowest BCUT2D eigenvalue weighted by molar-refractivity contribution is 0.155. The van der Waals surface area contributed by atoms with Crippen molar-refractivity contribution in [1.82, 2.24) is 0 Å². The third-order valence-electron chi connectivity index (χ3n) is 11.5. The highest BCUT2D eigenvalue weighted by Gasteiger charge is 2.24. The first-order chi connectivity index (χ1) is 27.6. The van der Waals surface area contributed by atoms with E-state index in [1.807, 2.05) is 0 Å². The Balaban J connectivity index is 1.24. The number of anilines is 5. The maximum Gasteiger partial charge on any atom is 0.0645 e. The lowest BCUT2D eigenvalue weighted by Gasteiger charge is -2.31. The van der Waals surface area contributed by atoms with Crippen LogP contribution in [0.25, 0.3) is 10.8 Å². The standard InChI is InChI=1S/C51H59N3O2/c1-4-55-36-34-53(42-17-8-6-9-18-42)44-28-24-40(25-29-44)38-49(41-26-30-45(31-27-41)54(35-37-56-5-2)43-19-10-7-11-20-43)47-32-33-51(48-22-14-13-21-46(47)48)52-50-23-15-12-16-39(50)3/h6-11,13-14,17-22,24-33,39,49-50,52H,4-5,12,15-16,23,34-38H2,1-3H3. The van der Waals surface area contributed by atoms with Gasteiger partial charge >= 0.3 is 0 Å². The number of hydrogen-bond donors (Lipinski definition) is 1. The van der Waals surface area contributed by atoms with Gasteiger partial charge in [0.15, 0.2) is 0 Å². The van der Waals surface area contributed by atoms with E-state index in [4.69, 9.17) is 9.47 Å². The number of hydrogen-bond acceptors (Lipinski definition) is 5. The Hall–Kier alpha value is -5.10. The van der Waals surface area contributed by atoms with E-state index in [9.17, 15) is 0 Å². The fraction of sp³-hybridized carbons (Fsp3) is 0.333. The summed E-state index contributed by atoms with van der Waals surface area (Å²) in [5.74, 6) is 0.830. The normalized spacial score (nSPS) is 16.1. The molecule has 6 aromatic carbocycles. The SMILES string of the molecule is CCOCCN(c1ccccc1)c1ccc(CC(c2ccc(N(CCOCC)c3ccccc3)cc2)c2ccc(NC3CCCCC3C)c3ccccc23)cc1. The van der Waals surface area contributed by atoms with Gasteiger partial charge in [0.05, 0.1) is 13.2 Å². The molecule has 7 rings (SSSR count). The molecule has 0 heterocycles. The molecule has 0 bridgehead atoms. The van der Waals surface area contributed by atoms with Crippen molar-refractivity contribution in [1.29, 1.82) is 0 Å². The highest BCUT2D eigenvalue weighted by molar-refractivity contribution is 5.97. The van der Waals surface area contributed by atoms with E-state index in [-0.39, 0.29) is 5.92 Å². The highest BCUT2D eigenvalue weighted by Crippen LogP contribution is 2.39. The molecule has 290 valence electrons. The molecule has 1 N–H and O–H groups in total. The third kappa shape index (κ3) is 9.64. The van der Waals surface area contributed by atoms with Gasteiger partial charge in [-0.25, -0.2) is 0 Å². The summed E-state index contributed by atoms with van der Waals surface area (Å²) in [4.78, 5) is 4.71. The summed E-state index contributed by atoms with van der Waals surface area (Å²) in [7, 11) is 0. The van der Waals surface area contributed by atoms with Crippen molar-refractivity contribution in [2.75, 3.05) is 54.6 Å². The molecule has 3 unspecified atom stereocenters. The molecule has 56 heavy (non-hydrogen) atoms. The van der Waals surface area contributed by atoms with E-state index in [1.54, 1.807) is 0 Å². The second kappa shape index (κ2) is 19.7. The Morgan fingerprint density at radius 1 is 0.571 bits per heavy atom. The summed E-state index contributed by atoms with van der Waals surface area (Å²) in [5, 5.41) is 6.63. The number of nitrogens with one attached hydrogen (secondary N) is 1. The largest absolute Gasteiger partial charge is 0.382 e. The van der Waals surface area contributed by atoms with Crippen molar-refractivity contribution < 1.29 is 9.47 Å². The van der Waals surface area contributed by atoms with Crippen LogP contribution in [0.5, 0.6) is 0 Å². The molecular weight excluding hydrogens is 687 g/mol. The van der Waals surface area contributed by atoms with Gasteiger partial charge in [-0.3, -0.25) is 0 Å². The van der Waals surface area contributed by atoms with Crippen LogP contribution in [0.3, 0.4) is 0 Å². The summed E-state index contributed by atoms with van der Waals surface area (Å²) >= 11 is 0.